The molecule has 0 bridgehead atoms. The second-order valence-electron chi connectivity index (χ2n) is 11.4. The van der Waals surface area contributed by atoms with Gasteiger partial charge in [-0.05, 0) is 99.6 Å². The topological polar surface area (TPSA) is 77.3 Å². The second kappa shape index (κ2) is 11.0. The van der Waals surface area contributed by atoms with E-state index in [2.05, 4.69) is 51.0 Å². The predicted molar refractivity (Wildman–Crippen MR) is 148 cm³/mol. The molecular weight excluding hydrogens is 465 g/mol. The number of hydrogen-bond acceptors (Lipinski definition) is 5. The minimum atomic E-state index is -0.913. The summed E-state index contributed by atoms with van der Waals surface area (Å²) in [5.74, 6) is -0.386. The molecule has 2 aromatic rings. The number of aromatic carboxylic acids is 1. The van der Waals surface area contributed by atoms with Crippen molar-refractivity contribution in [3.63, 3.8) is 0 Å². The zero-order chi connectivity index (χ0) is 26.8. The van der Waals surface area contributed by atoms with Crippen molar-refractivity contribution in [1.29, 1.82) is 0 Å². The summed E-state index contributed by atoms with van der Waals surface area (Å²) in [6.07, 6.45) is 6.88. The summed E-state index contributed by atoms with van der Waals surface area (Å²) in [4.78, 5) is 17.2. The van der Waals surface area contributed by atoms with Gasteiger partial charge < -0.3 is 19.3 Å². The van der Waals surface area contributed by atoms with Gasteiger partial charge in [0.1, 0.15) is 6.61 Å². The highest BCUT2D eigenvalue weighted by Gasteiger charge is 2.52. The normalized spacial score (nSPS) is 19.7. The van der Waals surface area contributed by atoms with Crippen molar-refractivity contribution in [3.05, 3.63) is 64.2 Å². The third-order valence-corrected chi connectivity index (χ3v) is 8.27. The summed E-state index contributed by atoms with van der Waals surface area (Å²) in [6.45, 7) is 12.5. The van der Waals surface area contributed by atoms with Crippen LogP contribution in [0.4, 0.5) is 0 Å². The van der Waals surface area contributed by atoms with Crippen LogP contribution < -0.4 is 5.46 Å². The first-order valence-electron chi connectivity index (χ1n) is 13.5. The molecule has 4 rings (SSSR count). The van der Waals surface area contributed by atoms with Crippen molar-refractivity contribution in [2.75, 3.05) is 0 Å². The van der Waals surface area contributed by atoms with Crippen LogP contribution in [0.25, 0.3) is 0 Å². The Morgan fingerprint density at radius 3 is 2.35 bits per heavy atom. The molecule has 0 radical (unpaired) electrons. The Morgan fingerprint density at radius 2 is 1.73 bits per heavy atom. The molecular formula is C30H40BNO5. The van der Waals surface area contributed by atoms with Gasteiger partial charge in [0.25, 0.3) is 0 Å². The van der Waals surface area contributed by atoms with Gasteiger partial charge in [-0.15, -0.1) is 0 Å². The molecule has 1 aliphatic carbocycles. The van der Waals surface area contributed by atoms with E-state index in [1.54, 1.807) is 12.1 Å². The van der Waals surface area contributed by atoms with Crippen LogP contribution in [0, 0.1) is 0 Å². The Morgan fingerprint density at radius 1 is 1.05 bits per heavy atom. The van der Waals surface area contributed by atoms with Crippen molar-refractivity contribution in [2.24, 2.45) is 5.16 Å². The van der Waals surface area contributed by atoms with Crippen LogP contribution in [0.2, 0.25) is 0 Å². The molecule has 1 heterocycles. The molecule has 0 amide bonds. The first kappa shape index (κ1) is 27.4. The van der Waals surface area contributed by atoms with Gasteiger partial charge in [0.15, 0.2) is 0 Å². The minimum absolute atomic E-state index is 0.322. The van der Waals surface area contributed by atoms with E-state index in [1.165, 1.54) is 37.7 Å². The summed E-state index contributed by atoms with van der Waals surface area (Å²) in [7, 11) is -0.410. The largest absolute Gasteiger partial charge is 0.495 e. The molecule has 2 fully saturated rings. The molecule has 0 atom stereocenters. The Labute approximate surface area is 221 Å². The van der Waals surface area contributed by atoms with Gasteiger partial charge >= 0.3 is 13.1 Å². The van der Waals surface area contributed by atoms with E-state index < -0.39 is 24.3 Å². The lowest BCUT2D eigenvalue weighted by Crippen LogP contribution is -2.41. The molecule has 1 N–H and O–H groups in total. The molecule has 7 heteroatoms. The Bertz CT molecular complexity index is 1150. The van der Waals surface area contributed by atoms with E-state index in [9.17, 15) is 9.90 Å². The quantitative estimate of drug-likeness (QED) is 0.261. The van der Waals surface area contributed by atoms with Gasteiger partial charge in [-0.25, -0.2) is 4.79 Å². The molecule has 0 aromatic heterocycles. The smallest absolute Gasteiger partial charge is 0.478 e. The number of oxime groups is 1. The number of carboxylic acid groups (broad SMARTS) is 1. The Balaban J connectivity index is 1.54. The lowest BCUT2D eigenvalue weighted by atomic mass is 9.70. The van der Waals surface area contributed by atoms with Crippen molar-refractivity contribution >= 4 is 24.3 Å². The van der Waals surface area contributed by atoms with Gasteiger partial charge in [0.05, 0.1) is 22.5 Å². The van der Waals surface area contributed by atoms with Crippen molar-refractivity contribution in [3.8, 4) is 0 Å². The summed E-state index contributed by atoms with van der Waals surface area (Å²) in [5, 5.41) is 13.7. The third-order valence-electron chi connectivity index (χ3n) is 8.27. The zero-order valence-electron chi connectivity index (χ0n) is 23.1. The highest BCUT2D eigenvalue weighted by molar-refractivity contribution is 6.62. The molecule has 6 nitrogen and oxygen atoms in total. The maximum absolute atomic E-state index is 11.4. The van der Waals surface area contributed by atoms with E-state index in [-0.39, 0.29) is 0 Å². The molecule has 0 spiro atoms. The minimum Gasteiger partial charge on any atom is -0.478 e. The first-order valence-corrected chi connectivity index (χ1v) is 13.5. The Kier molecular flexibility index (Phi) is 8.15. The molecule has 2 aromatic carbocycles. The van der Waals surface area contributed by atoms with Crippen molar-refractivity contribution in [1.82, 2.24) is 0 Å². The van der Waals surface area contributed by atoms with Crippen LogP contribution in [0.5, 0.6) is 0 Å². The van der Waals surface area contributed by atoms with E-state index >= 15 is 0 Å². The van der Waals surface area contributed by atoms with Gasteiger partial charge in [-0.3, -0.25) is 0 Å². The summed E-state index contributed by atoms with van der Waals surface area (Å²) < 4.78 is 12.9. The second-order valence-corrected chi connectivity index (χ2v) is 11.4. The third kappa shape index (κ3) is 5.94. The lowest BCUT2D eigenvalue weighted by Gasteiger charge is -2.32. The number of aryl methyl sites for hydroxylation is 1. The fourth-order valence-corrected chi connectivity index (χ4v) is 5.25. The van der Waals surface area contributed by atoms with Crippen LogP contribution >= 0.6 is 0 Å². The monoisotopic (exact) mass is 505 g/mol. The van der Waals surface area contributed by atoms with Crippen molar-refractivity contribution in [2.45, 2.75) is 104 Å². The van der Waals surface area contributed by atoms with Crippen molar-refractivity contribution < 1.29 is 24.0 Å². The average molecular weight is 505 g/mol. The highest BCUT2D eigenvalue weighted by Crippen LogP contribution is 2.38. The summed E-state index contributed by atoms with van der Waals surface area (Å²) >= 11 is 0. The number of nitrogens with zero attached hydrogens (tertiary/aromatic N) is 1. The maximum Gasteiger partial charge on any atom is 0.495 e. The van der Waals surface area contributed by atoms with Gasteiger partial charge in [-0.2, -0.15) is 0 Å². The molecule has 1 aliphatic heterocycles. The standard InChI is InChI=1S/C30H40BNO5/c1-7-22-18-24(14-16-26(22)28(33)34)20(2)32-35-19-21-13-15-25(23-11-9-8-10-12-23)27(17-21)31-36-29(3,4)30(5,6)37-31/h13-18,23H,7-12,19H2,1-6H3,(H,33,34)/b32-20+. The number of rotatable bonds is 8. The summed E-state index contributed by atoms with van der Waals surface area (Å²) in [6, 6.07) is 11.8. The lowest BCUT2D eigenvalue weighted by molar-refractivity contribution is 0.00578. The fourth-order valence-electron chi connectivity index (χ4n) is 5.25. The average Bonchev–Trinajstić information content (AvgIpc) is 3.10. The van der Waals surface area contributed by atoms with Crippen LogP contribution in [0.1, 0.15) is 112 Å². The van der Waals surface area contributed by atoms with Crippen LogP contribution in [0.15, 0.2) is 41.6 Å². The summed E-state index contributed by atoms with van der Waals surface area (Å²) in [5.41, 5.74) is 5.31. The zero-order valence-corrected chi connectivity index (χ0v) is 23.1. The van der Waals surface area contributed by atoms with Crippen LogP contribution in [-0.2, 0) is 27.2 Å². The number of benzene rings is 2. The SMILES string of the molecule is CCc1cc(/C(C)=N/OCc2ccc(C3CCCCC3)c(B3OC(C)(C)C(C)(C)O3)c2)ccc1C(=O)O. The van der Waals surface area contributed by atoms with Crippen LogP contribution in [-0.4, -0.2) is 35.1 Å². The number of carbonyl (C=O) groups is 1. The first-order chi connectivity index (χ1) is 17.5. The molecule has 0 unspecified atom stereocenters. The molecule has 37 heavy (non-hydrogen) atoms. The molecule has 198 valence electrons. The molecule has 1 saturated carbocycles. The molecule has 2 aliphatic rings. The van der Waals surface area contributed by atoms with E-state index in [1.807, 2.05) is 19.9 Å². The number of carboxylic acids is 1. The van der Waals surface area contributed by atoms with E-state index in [0.717, 1.165) is 22.2 Å². The fraction of sp³-hybridized carbons (Fsp3) is 0.533. The van der Waals surface area contributed by atoms with Gasteiger partial charge in [0, 0.05) is 0 Å². The Hall–Kier alpha value is -2.64. The van der Waals surface area contributed by atoms with Gasteiger partial charge in [0.2, 0.25) is 0 Å². The maximum atomic E-state index is 11.4. The van der Waals surface area contributed by atoms with Crippen LogP contribution in [0.3, 0.4) is 0 Å². The molecule has 1 saturated heterocycles. The van der Waals surface area contributed by atoms with Gasteiger partial charge in [-0.1, -0.05) is 55.6 Å². The van der Waals surface area contributed by atoms with E-state index in [4.69, 9.17) is 14.1 Å². The highest BCUT2D eigenvalue weighted by atomic mass is 16.7. The van der Waals surface area contributed by atoms with E-state index in [0.29, 0.717) is 30.2 Å². The number of hydrogen-bond donors (Lipinski definition) is 1. The predicted octanol–water partition coefficient (Wildman–Crippen LogP) is 6.23.